The molecule has 116 valence electrons. The van der Waals surface area contributed by atoms with Crippen molar-refractivity contribution in [2.75, 3.05) is 19.7 Å². The van der Waals surface area contributed by atoms with E-state index in [-0.39, 0.29) is 23.8 Å². The summed E-state index contributed by atoms with van der Waals surface area (Å²) in [7, 11) is 0. The van der Waals surface area contributed by atoms with Crippen molar-refractivity contribution in [3.05, 3.63) is 28.8 Å². The second kappa shape index (κ2) is 8.52. The molecule has 21 heavy (non-hydrogen) atoms. The smallest absolute Gasteiger partial charge is 0.339 e. The molecule has 0 saturated heterocycles. The van der Waals surface area contributed by atoms with E-state index in [0.717, 1.165) is 0 Å². The number of carbonyl (C=O) groups excluding carboxylic acids is 1. The van der Waals surface area contributed by atoms with Crippen LogP contribution >= 0.6 is 11.6 Å². The number of benzene rings is 1. The molecule has 1 aromatic carbocycles. The van der Waals surface area contributed by atoms with Crippen molar-refractivity contribution in [1.82, 2.24) is 4.90 Å². The van der Waals surface area contributed by atoms with Gasteiger partial charge in [0.2, 0.25) is 5.91 Å². The Hall–Kier alpha value is -1.75. The second-order valence-corrected chi connectivity index (χ2v) is 4.90. The first kappa shape index (κ1) is 17.3. The highest BCUT2D eigenvalue weighted by Crippen LogP contribution is 2.23. The molecule has 0 atom stereocenters. The highest BCUT2D eigenvalue weighted by Gasteiger charge is 2.13. The predicted molar refractivity (Wildman–Crippen MR) is 81.1 cm³/mol. The van der Waals surface area contributed by atoms with Gasteiger partial charge in [-0.05, 0) is 38.5 Å². The monoisotopic (exact) mass is 313 g/mol. The quantitative estimate of drug-likeness (QED) is 0.749. The van der Waals surface area contributed by atoms with E-state index < -0.39 is 5.97 Å². The van der Waals surface area contributed by atoms with Crippen LogP contribution in [-0.4, -0.2) is 41.6 Å². The number of ether oxygens (including phenoxy) is 1. The van der Waals surface area contributed by atoms with Gasteiger partial charge in [0.25, 0.3) is 0 Å². The van der Waals surface area contributed by atoms with E-state index in [0.29, 0.717) is 31.0 Å². The third-order valence-corrected chi connectivity index (χ3v) is 3.32. The Kier molecular flexibility index (Phi) is 7.02. The summed E-state index contributed by atoms with van der Waals surface area (Å²) in [6.45, 7) is 5.51. The van der Waals surface area contributed by atoms with Crippen LogP contribution < -0.4 is 4.74 Å². The van der Waals surface area contributed by atoms with Crippen LogP contribution in [0.25, 0.3) is 0 Å². The lowest BCUT2D eigenvalue weighted by Crippen LogP contribution is -2.30. The minimum Gasteiger partial charge on any atom is -0.493 e. The van der Waals surface area contributed by atoms with Gasteiger partial charge in [-0.15, -0.1) is 0 Å². The van der Waals surface area contributed by atoms with Gasteiger partial charge >= 0.3 is 5.97 Å². The molecule has 0 unspecified atom stereocenters. The lowest BCUT2D eigenvalue weighted by Gasteiger charge is -2.18. The van der Waals surface area contributed by atoms with Crippen LogP contribution in [0.3, 0.4) is 0 Å². The van der Waals surface area contributed by atoms with E-state index in [2.05, 4.69) is 0 Å². The summed E-state index contributed by atoms with van der Waals surface area (Å²) in [5, 5.41) is 9.47. The maximum atomic E-state index is 11.8. The molecule has 0 radical (unpaired) electrons. The second-order valence-electron chi connectivity index (χ2n) is 4.46. The number of hydrogen-bond acceptors (Lipinski definition) is 3. The molecule has 1 amide bonds. The van der Waals surface area contributed by atoms with Gasteiger partial charge in [0, 0.05) is 24.5 Å². The van der Waals surface area contributed by atoms with Crippen molar-refractivity contribution in [3.63, 3.8) is 0 Å². The van der Waals surface area contributed by atoms with E-state index in [1.54, 1.807) is 4.90 Å². The Morgan fingerprint density at radius 1 is 1.29 bits per heavy atom. The number of rotatable bonds is 8. The van der Waals surface area contributed by atoms with E-state index in [4.69, 9.17) is 21.4 Å². The summed E-state index contributed by atoms with van der Waals surface area (Å²) in [5.74, 6) is -0.765. The number of carboxylic acids is 1. The average molecular weight is 314 g/mol. The summed E-state index contributed by atoms with van der Waals surface area (Å²) >= 11 is 5.83. The van der Waals surface area contributed by atoms with E-state index in [1.165, 1.54) is 18.2 Å². The maximum absolute atomic E-state index is 11.8. The minimum atomic E-state index is -1.07. The van der Waals surface area contributed by atoms with Gasteiger partial charge in [0.15, 0.2) is 0 Å². The molecule has 1 aromatic rings. The van der Waals surface area contributed by atoms with Crippen molar-refractivity contribution in [1.29, 1.82) is 0 Å². The van der Waals surface area contributed by atoms with Crippen LogP contribution in [-0.2, 0) is 4.79 Å². The van der Waals surface area contributed by atoms with Crippen molar-refractivity contribution < 1.29 is 19.4 Å². The number of carbonyl (C=O) groups is 2. The van der Waals surface area contributed by atoms with Gasteiger partial charge in [-0.2, -0.15) is 0 Å². The van der Waals surface area contributed by atoms with Crippen molar-refractivity contribution in [2.24, 2.45) is 0 Å². The van der Waals surface area contributed by atoms with Crippen molar-refractivity contribution in [2.45, 2.75) is 26.7 Å². The van der Waals surface area contributed by atoms with Crippen LogP contribution in [0.4, 0.5) is 0 Å². The lowest BCUT2D eigenvalue weighted by molar-refractivity contribution is -0.131. The highest BCUT2D eigenvalue weighted by molar-refractivity contribution is 6.30. The van der Waals surface area contributed by atoms with Gasteiger partial charge in [0.1, 0.15) is 11.3 Å². The van der Waals surface area contributed by atoms with Gasteiger partial charge in [0.05, 0.1) is 6.61 Å². The molecule has 0 heterocycles. The summed E-state index contributed by atoms with van der Waals surface area (Å²) in [6.07, 6.45) is 0.908. The van der Waals surface area contributed by atoms with Gasteiger partial charge in [-0.25, -0.2) is 4.79 Å². The minimum absolute atomic E-state index is 0.0643. The number of nitrogens with zero attached hydrogens (tertiary/aromatic N) is 1. The van der Waals surface area contributed by atoms with E-state index >= 15 is 0 Å². The van der Waals surface area contributed by atoms with Gasteiger partial charge in [-0.3, -0.25) is 4.79 Å². The first-order chi connectivity index (χ1) is 9.99. The number of halogens is 1. The molecule has 0 aliphatic heterocycles. The summed E-state index contributed by atoms with van der Waals surface area (Å²) < 4.78 is 5.44. The molecule has 0 aliphatic rings. The van der Waals surface area contributed by atoms with Crippen LogP contribution in [0, 0.1) is 0 Å². The Bertz CT molecular complexity index is 500. The zero-order chi connectivity index (χ0) is 15.8. The fraction of sp³-hybridized carbons (Fsp3) is 0.467. The Morgan fingerprint density at radius 2 is 1.95 bits per heavy atom. The van der Waals surface area contributed by atoms with Crippen LogP contribution in [0.2, 0.25) is 5.02 Å². The number of hydrogen-bond donors (Lipinski definition) is 1. The fourth-order valence-electron chi connectivity index (χ4n) is 1.93. The molecule has 5 nitrogen and oxygen atoms in total. The Morgan fingerprint density at radius 3 is 2.52 bits per heavy atom. The predicted octanol–water partition coefficient (Wildman–Crippen LogP) is 3.07. The molecule has 0 aromatic heterocycles. The van der Waals surface area contributed by atoms with Gasteiger partial charge in [-0.1, -0.05) is 11.6 Å². The van der Waals surface area contributed by atoms with Crippen LogP contribution in [0.5, 0.6) is 5.75 Å². The average Bonchev–Trinajstić information content (AvgIpc) is 2.44. The number of carboxylic acid groups (broad SMARTS) is 1. The maximum Gasteiger partial charge on any atom is 0.339 e. The van der Waals surface area contributed by atoms with Crippen molar-refractivity contribution in [3.8, 4) is 5.75 Å². The zero-order valence-corrected chi connectivity index (χ0v) is 13.0. The molecule has 0 bridgehead atoms. The first-order valence-electron chi connectivity index (χ1n) is 6.93. The molecule has 0 fully saturated rings. The van der Waals surface area contributed by atoms with Crippen LogP contribution in [0.15, 0.2) is 18.2 Å². The SMILES string of the molecule is CCN(CC)C(=O)CCCOc1cc(Cl)ccc1C(=O)O. The van der Waals surface area contributed by atoms with Crippen LogP contribution in [0.1, 0.15) is 37.0 Å². The molecule has 0 saturated carbocycles. The van der Waals surface area contributed by atoms with Crippen molar-refractivity contribution >= 4 is 23.5 Å². The summed E-state index contributed by atoms with van der Waals surface area (Å²) in [4.78, 5) is 24.6. The third-order valence-electron chi connectivity index (χ3n) is 3.08. The fourth-order valence-corrected chi connectivity index (χ4v) is 2.09. The molecule has 6 heteroatoms. The zero-order valence-electron chi connectivity index (χ0n) is 12.3. The molecular weight excluding hydrogens is 294 g/mol. The number of amides is 1. The topological polar surface area (TPSA) is 66.8 Å². The Balaban J connectivity index is 2.51. The first-order valence-corrected chi connectivity index (χ1v) is 7.30. The molecule has 1 N–H and O–H groups in total. The highest BCUT2D eigenvalue weighted by atomic mass is 35.5. The normalized spacial score (nSPS) is 10.2. The number of aromatic carboxylic acids is 1. The molecule has 0 aliphatic carbocycles. The van der Waals surface area contributed by atoms with Gasteiger partial charge < -0.3 is 14.7 Å². The standard InChI is InChI=1S/C15H20ClNO4/c1-3-17(4-2)14(18)6-5-9-21-13-10-11(16)7-8-12(13)15(19)20/h7-8,10H,3-6,9H2,1-2H3,(H,19,20). The third kappa shape index (κ3) is 5.27. The molecule has 0 spiro atoms. The summed E-state index contributed by atoms with van der Waals surface area (Å²) in [6, 6.07) is 4.38. The lowest BCUT2D eigenvalue weighted by atomic mass is 10.2. The van der Waals surface area contributed by atoms with E-state index in [1.807, 2.05) is 13.8 Å². The largest absolute Gasteiger partial charge is 0.493 e. The van der Waals surface area contributed by atoms with E-state index in [9.17, 15) is 9.59 Å². The molecular formula is C15H20ClNO4. The molecule has 1 rings (SSSR count). The summed E-state index contributed by atoms with van der Waals surface area (Å²) in [5.41, 5.74) is 0.0643. The Labute approximate surface area is 129 Å².